The molecule has 0 radical (unpaired) electrons. The largest absolute Gasteiger partial charge is 0.394 e. The van der Waals surface area contributed by atoms with Crippen LogP contribution >= 0.6 is 0 Å². The molecule has 8 N–H and O–H groups in total. The van der Waals surface area contributed by atoms with E-state index in [2.05, 4.69) is 5.32 Å². The van der Waals surface area contributed by atoms with Crippen LogP contribution in [0.2, 0.25) is 0 Å². The van der Waals surface area contributed by atoms with E-state index in [1.54, 1.807) is 0 Å². The molecule has 0 bridgehead atoms. The van der Waals surface area contributed by atoms with E-state index in [9.17, 15) is 40.5 Å². The number of carbonyl (C=O) groups is 1. The van der Waals surface area contributed by atoms with Gasteiger partial charge in [-0.1, -0.05) is 20.8 Å². The first-order valence-electron chi connectivity index (χ1n) is 9.52. The molecule has 1 fully saturated rings. The van der Waals surface area contributed by atoms with Gasteiger partial charge in [0.25, 0.3) is 0 Å². The minimum atomic E-state index is -1.73. The molecule has 1 heterocycles. The van der Waals surface area contributed by atoms with E-state index in [0.717, 1.165) is 0 Å². The molecule has 0 saturated carbocycles. The van der Waals surface area contributed by atoms with Gasteiger partial charge < -0.3 is 50.5 Å². The van der Waals surface area contributed by atoms with Crippen LogP contribution in [-0.4, -0.2) is 110 Å². The highest BCUT2D eigenvalue weighted by atomic mass is 16.7. The monoisotopic (exact) mass is 425 g/mol. The number of carbonyl (C=O) groups excluding carboxylic acids is 1. The van der Waals surface area contributed by atoms with E-state index in [4.69, 9.17) is 9.47 Å². The maximum absolute atomic E-state index is 11.7. The van der Waals surface area contributed by atoms with Crippen LogP contribution in [0.15, 0.2) is 0 Å². The molecule has 0 spiro atoms. The summed E-state index contributed by atoms with van der Waals surface area (Å²) < 4.78 is 11.0. The number of hydrogen-bond donors (Lipinski definition) is 8. The first-order valence-corrected chi connectivity index (χ1v) is 9.52. The topological polar surface area (TPSA) is 189 Å². The van der Waals surface area contributed by atoms with E-state index in [1.807, 2.05) is 20.8 Å². The maximum Gasteiger partial charge on any atom is 0.217 e. The molecule has 0 aromatic carbocycles. The highest BCUT2D eigenvalue weighted by Gasteiger charge is 2.47. The lowest BCUT2D eigenvalue weighted by Gasteiger charge is -2.43. The highest BCUT2D eigenvalue weighted by Crippen LogP contribution is 2.29. The van der Waals surface area contributed by atoms with Gasteiger partial charge in [-0.2, -0.15) is 0 Å². The van der Waals surface area contributed by atoms with Gasteiger partial charge >= 0.3 is 0 Å². The van der Waals surface area contributed by atoms with Gasteiger partial charge in [-0.05, 0) is 11.8 Å². The van der Waals surface area contributed by atoms with Crippen molar-refractivity contribution >= 4 is 5.91 Å². The summed E-state index contributed by atoms with van der Waals surface area (Å²) >= 11 is 0. The zero-order valence-corrected chi connectivity index (χ0v) is 17.2. The predicted octanol–water partition coefficient (Wildman–Crippen LogP) is -3.17. The molecule has 1 aliphatic rings. The van der Waals surface area contributed by atoms with Crippen molar-refractivity contribution in [2.75, 3.05) is 13.2 Å². The first kappa shape index (κ1) is 26.1. The number of aliphatic hydroxyl groups is 7. The van der Waals surface area contributed by atoms with Crippen LogP contribution in [0.3, 0.4) is 0 Å². The summed E-state index contributed by atoms with van der Waals surface area (Å²) in [6.45, 7) is 5.42. The second-order valence-electron chi connectivity index (χ2n) is 8.61. The normalized spacial score (nSPS) is 32.3. The van der Waals surface area contributed by atoms with Crippen molar-refractivity contribution in [1.82, 2.24) is 5.32 Å². The van der Waals surface area contributed by atoms with Crippen LogP contribution in [0.5, 0.6) is 0 Å². The average molecular weight is 425 g/mol. The summed E-state index contributed by atoms with van der Waals surface area (Å²) in [7, 11) is 0. The van der Waals surface area contributed by atoms with E-state index in [0.29, 0.717) is 0 Å². The molecular weight excluding hydrogens is 390 g/mol. The van der Waals surface area contributed by atoms with E-state index < -0.39 is 74.2 Å². The average Bonchev–Trinajstić information content (AvgIpc) is 2.62. The SMILES string of the molecule is CC(=O)N[C@@H](CC(C)(C)C)[C@@H](O[C@@H]1O[C@H](CO)[C@H](O)[C@H](O)[C@H]1O)[C@@H](O)[C@H](O)CO. The Labute approximate surface area is 169 Å². The van der Waals surface area contributed by atoms with Gasteiger partial charge in [0, 0.05) is 6.92 Å². The molecule has 29 heavy (non-hydrogen) atoms. The smallest absolute Gasteiger partial charge is 0.217 e. The standard InChI is InChI=1S/C18H35NO10/c1-8(22)19-9(5-18(2,3)4)16(12(24)10(23)6-20)29-17-15(27)14(26)13(25)11(7-21)28-17/h9-17,20-21,23-27H,5-7H2,1-4H3,(H,19,22)/t9-,10+,11+,12-,13-,14-,15+,16+,17-/m0/s1. The van der Waals surface area contributed by atoms with Gasteiger partial charge in [-0.3, -0.25) is 4.79 Å². The lowest BCUT2D eigenvalue weighted by atomic mass is 9.84. The Balaban J connectivity index is 3.20. The molecule has 9 atom stereocenters. The second-order valence-corrected chi connectivity index (χ2v) is 8.61. The van der Waals surface area contributed by atoms with Crippen LogP contribution in [0.1, 0.15) is 34.1 Å². The van der Waals surface area contributed by atoms with Crippen molar-refractivity contribution in [2.45, 2.75) is 89.2 Å². The molecule has 11 nitrogen and oxygen atoms in total. The zero-order valence-electron chi connectivity index (χ0n) is 17.2. The summed E-state index contributed by atoms with van der Waals surface area (Å²) in [5.41, 5.74) is -0.353. The van der Waals surface area contributed by atoms with Gasteiger partial charge in [0.05, 0.1) is 19.3 Å². The van der Waals surface area contributed by atoms with E-state index in [-0.39, 0.29) is 11.8 Å². The van der Waals surface area contributed by atoms with Gasteiger partial charge in [0.1, 0.15) is 42.7 Å². The number of aliphatic hydroxyl groups excluding tert-OH is 7. The van der Waals surface area contributed by atoms with Crippen molar-refractivity contribution in [3.8, 4) is 0 Å². The third-order valence-electron chi connectivity index (χ3n) is 4.68. The first-order chi connectivity index (χ1) is 13.3. The van der Waals surface area contributed by atoms with Gasteiger partial charge in [0.15, 0.2) is 6.29 Å². The lowest BCUT2D eigenvalue weighted by molar-refractivity contribution is -0.322. The van der Waals surface area contributed by atoms with E-state index in [1.165, 1.54) is 6.92 Å². The minimum Gasteiger partial charge on any atom is -0.394 e. The second kappa shape index (κ2) is 10.9. The molecule has 1 amide bonds. The minimum absolute atomic E-state index is 0.282. The van der Waals surface area contributed by atoms with Crippen molar-refractivity contribution in [2.24, 2.45) is 5.41 Å². The molecule has 11 heteroatoms. The molecule has 1 aliphatic heterocycles. The molecule has 1 rings (SSSR count). The third-order valence-corrected chi connectivity index (χ3v) is 4.68. The molecule has 0 aromatic heterocycles. The van der Waals surface area contributed by atoms with Crippen LogP contribution in [0.25, 0.3) is 0 Å². The molecule has 1 saturated heterocycles. The van der Waals surface area contributed by atoms with Gasteiger partial charge in [0.2, 0.25) is 5.91 Å². The van der Waals surface area contributed by atoms with E-state index >= 15 is 0 Å². The summed E-state index contributed by atoms with van der Waals surface area (Å²) in [4.78, 5) is 11.7. The summed E-state index contributed by atoms with van der Waals surface area (Å²) in [5.74, 6) is -0.438. The summed E-state index contributed by atoms with van der Waals surface area (Å²) in [6, 6.07) is -0.865. The van der Waals surface area contributed by atoms with Crippen LogP contribution in [0.4, 0.5) is 0 Å². The van der Waals surface area contributed by atoms with Crippen molar-refractivity contribution in [3.63, 3.8) is 0 Å². The molecular formula is C18H35NO10. The maximum atomic E-state index is 11.7. The quantitative estimate of drug-likeness (QED) is 0.187. The zero-order chi connectivity index (χ0) is 22.5. The fourth-order valence-corrected chi connectivity index (χ4v) is 3.25. The fraction of sp³-hybridized carbons (Fsp3) is 0.944. The Morgan fingerprint density at radius 3 is 2.14 bits per heavy atom. The molecule has 0 unspecified atom stereocenters. The molecule has 0 aromatic rings. The number of nitrogens with one attached hydrogen (secondary N) is 1. The molecule has 172 valence electrons. The summed E-state index contributed by atoms with van der Waals surface area (Å²) in [6.07, 6.45) is -12.2. The van der Waals surface area contributed by atoms with Crippen molar-refractivity contribution < 1.29 is 50.0 Å². The Hall–Kier alpha value is -0.890. The number of hydrogen-bond acceptors (Lipinski definition) is 10. The number of ether oxygens (including phenoxy) is 2. The summed E-state index contributed by atoms with van der Waals surface area (Å²) in [5, 5.41) is 71.7. The number of amides is 1. The third kappa shape index (κ3) is 7.39. The Bertz CT molecular complexity index is 511. The van der Waals surface area contributed by atoms with Crippen LogP contribution in [-0.2, 0) is 14.3 Å². The Kier molecular flexibility index (Phi) is 9.86. The Morgan fingerprint density at radius 2 is 1.69 bits per heavy atom. The van der Waals surface area contributed by atoms with Crippen molar-refractivity contribution in [3.05, 3.63) is 0 Å². The van der Waals surface area contributed by atoms with Crippen molar-refractivity contribution in [1.29, 1.82) is 0 Å². The van der Waals surface area contributed by atoms with Gasteiger partial charge in [-0.15, -0.1) is 0 Å². The highest BCUT2D eigenvalue weighted by molar-refractivity contribution is 5.73. The number of rotatable bonds is 9. The van der Waals surface area contributed by atoms with Gasteiger partial charge in [-0.25, -0.2) is 0 Å². The Morgan fingerprint density at radius 1 is 1.10 bits per heavy atom. The van der Waals surface area contributed by atoms with Crippen LogP contribution in [0, 0.1) is 5.41 Å². The molecule has 0 aliphatic carbocycles. The van der Waals surface area contributed by atoms with Crippen LogP contribution < -0.4 is 5.32 Å². The predicted molar refractivity (Wildman–Crippen MR) is 99.4 cm³/mol. The fourth-order valence-electron chi connectivity index (χ4n) is 3.25. The lowest BCUT2D eigenvalue weighted by Crippen LogP contribution is -2.62.